The van der Waals surface area contributed by atoms with Gasteiger partial charge in [-0.25, -0.2) is 4.39 Å². The number of carbonyl (C=O) groups excluding carboxylic acids is 2. The summed E-state index contributed by atoms with van der Waals surface area (Å²) in [4.78, 5) is 32.1. The molecule has 8 heteroatoms. The average molecular weight is 518 g/mol. The van der Waals surface area contributed by atoms with Gasteiger partial charge in [-0.05, 0) is 72.9 Å². The van der Waals surface area contributed by atoms with Gasteiger partial charge >= 0.3 is 0 Å². The molecule has 3 aromatic rings. The molecule has 4 rings (SSSR count). The Bertz CT molecular complexity index is 1270. The highest BCUT2D eigenvalue weighted by Crippen LogP contribution is 2.29. The lowest BCUT2D eigenvalue weighted by Crippen LogP contribution is -2.47. The van der Waals surface area contributed by atoms with Crippen LogP contribution in [0.1, 0.15) is 36.1 Å². The maximum atomic E-state index is 13.6. The molecule has 1 aliphatic heterocycles. The van der Waals surface area contributed by atoms with E-state index < -0.39 is 6.04 Å². The molecule has 1 N–H and O–H groups in total. The van der Waals surface area contributed by atoms with Crippen LogP contribution in [0.5, 0.6) is 11.5 Å². The van der Waals surface area contributed by atoms with Gasteiger partial charge in [-0.2, -0.15) is 0 Å². The standard InChI is InChI=1S/C30H32FN3O4/c1-37-28-20-23(11-13-27(28)38-18-15-25-9-2-4-16-32-25)21-34(26-10-3-5-17-33-30(26)36)29(35)14-12-22-7-6-8-24(31)19-22/h2,4,6-9,11-14,16,19-20,26H,3,5,10,15,17-18,21H2,1H3,(H,33,36)/b14-12+/t26-/m0/s1. The largest absolute Gasteiger partial charge is 0.493 e. The summed E-state index contributed by atoms with van der Waals surface area (Å²) in [7, 11) is 1.56. The molecule has 0 radical (unpaired) electrons. The number of aromatic nitrogens is 1. The Balaban J connectivity index is 1.51. The van der Waals surface area contributed by atoms with Crippen LogP contribution in [-0.4, -0.2) is 48.0 Å². The van der Waals surface area contributed by atoms with Crippen molar-refractivity contribution in [3.05, 3.63) is 95.6 Å². The number of rotatable bonds is 10. The van der Waals surface area contributed by atoms with Crippen molar-refractivity contribution in [3.8, 4) is 11.5 Å². The first-order valence-electron chi connectivity index (χ1n) is 12.7. The summed E-state index contributed by atoms with van der Waals surface area (Å²) in [6.07, 6.45) is 7.61. The van der Waals surface area contributed by atoms with Crippen molar-refractivity contribution in [2.45, 2.75) is 38.3 Å². The van der Waals surface area contributed by atoms with E-state index in [1.807, 2.05) is 36.4 Å². The normalized spacial score (nSPS) is 15.5. The lowest BCUT2D eigenvalue weighted by atomic mass is 10.1. The van der Waals surface area contributed by atoms with Gasteiger partial charge in [-0.15, -0.1) is 0 Å². The number of hydrogen-bond donors (Lipinski definition) is 1. The smallest absolute Gasteiger partial charge is 0.247 e. The minimum atomic E-state index is -0.609. The van der Waals surface area contributed by atoms with E-state index >= 15 is 0 Å². The second kappa shape index (κ2) is 13.4. The van der Waals surface area contributed by atoms with Gasteiger partial charge in [0.05, 0.1) is 13.7 Å². The Morgan fingerprint density at radius 3 is 2.82 bits per heavy atom. The molecular formula is C30H32FN3O4. The molecule has 0 spiro atoms. The lowest BCUT2D eigenvalue weighted by Gasteiger charge is -2.29. The number of hydrogen-bond acceptors (Lipinski definition) is 5. The second-order valence-electron chi connectivity index (χ2n) is 9.06. The highest BCUT2D eigenvalue weighted by molar-refractivity contribution is 5.95. The van der Waals surface area contributed by atoms with Gasteiger partial charge in [0.25, 0.3) is 0 Å². The molecule has 198 valence electrons. The first-order valence-corrected chi connectivity index (χ1v) is 12.7. The molecule has 7 nitrogen and oxygen atoms in total. The summed E-state index contributed by atoms with van der Waals surface area (Å²) in [6.45, 7) is 1.23. The third-order valence-electron chi connectivity index (χ3n) is 6.36. The summed E-state index contributed by atoms with van der Waals surface area (Å²) in [5.41, 5.74) is 2.30. The molecule has 1 atom stereocenters. The molecule has 1 fully saturated rings. The number of halogens is 1. The van der Waals surface area contributed by atoms with Crippen molar-refractivity contribution in [1.29, 1.82) is 0 Å². The Labute approximate surface area is 222 Å². The highest BCUT2D eigenvalue weighted by Gasteiger charge is 2.30. The zero-order chi connectivity index (χ0) is 26.7. The lowest BCUT2D eigenvalue weighted by molar-refractivity contribution is -0.137. The summed E-state index contributed by atoms with van der Waals surface area (Å²) >= 11 is 0. The van der Waals surface area contributed by atoms with E-state index in [9.17, 15) is 14.0 Å². The quantitative estimate of drug-likeness (QED) is 0.399. The fourth-order valence-corrected chi connectivity index (χ4v) is 4.37. The zero-order valence-electron chi connectivity index (χ0n) is 21.4. The van der Waals surface area contributed by atoms with Crippen molar-refractivity contribution in [1.82, 2.24) is 15.2 Å². The summed E-state index contributed by atoms with van der Waals surface area (Å²) in [6, 6.07) is 16.6. The Kier molecular flexibility index (Phi) is 9.45. The van der Waals surface area contributed by atoms with E-state index in [1.165, 1.54) is 18.2 Å². The molecule has 1 saturated heterocycles. The molecule has 38 heavy (non-hydrogen) atoms. The van der Waals surface area contributed by atoms with Crippen LogP contribution in [0, 0.1) is 5.82 Å². The average Bonchev–Trinajstić information content (AvgIpc) is 3.15. The van der Waals surface area contributed by atoms with Crippen LogP contribution in [0.3, 0.4) is 0 Å². The molecule has 2 aromatic carbocycles. The molecule has 2 amide bonds. The molecule has 2 heterocycles. The Morgan fingerprint density at radius 2 is 2.03 bits per heavy atom. The van der Waals surface area contributed by atoms with Crippen LogP contribution in [0.25, 0.3) is 6.08 Å². The predicted octanol–water partition coefficient (Wildman–Crippen LogP) is 4.56. The SMILES string of the molecule is COc1cc(CN(C(=O)/C=C/c2cccc(F)c2)[C@H]2CCCCNC2=O)ccc1OCCc1ccccn1. The fourth-order valence-electron chi connectivity index (χ4n) is 4.37. The molecule has 0 unspecified atom stereocenters. The molecule has 1 aromatic heterocycles. The fraction of sp³-hybridized carbons (Fsp3) is 0.300. The van der Waals surface area contributed by atoms with Crippen molar-refractivity contribution >= 4 is 17.9 Å². The number of benzene rings is 2. The van der Waals surface area contributed by atoms with Crippen LogP contribution >= 0.6 is 0 Å². The number of amides is 2. The van der Waals surface area contributed by atoms with Gasteiger partial charge in [0.15, 0.2) is 11.5 Å². The van der Waals surface area contributed by atoms with Gasteiger partial charge in [0.1, 0.15) is 11.9 Å². The van der Waals surface area contributed by atoms with Crippen molar-refractivity contribution in [2.24, 2.45) is 0 Å². The Morgan fingerprint density at radius 1 is 1.13 bits per heavy atom. The van der Waals surface area contributed by atoms with Crippen LogP contribution in [0.2, 0.25) is 0 Å². The van der Waals surface area contributed by atoms with Crippen LogP contribution in [0.4, 0.5) is 4.39 Å². The highest BCUT2D eigenvalue weighted by atomic mass is 19.1. The predicted molar refractivity (Wildman–Crippen MR) is 143 cm³/mol. The van der Waals surface area contributed by atoms with Gasteiger partial charge in [-0.1, -0.05) is 24.3 Å². The monoisotopic (exact) mass is 517 g/mol. The number of nitrogens with zero attached hydrogens (tertiary/aromatic N) is 2. The van der Waals surface area contributed by atoms with E-state index in [4.69, 9.17) is 9.47 Å². The molecule has 0 saturated carbocycles. The van der Waals surface area contributed by atoms with Gasteiger partial charge < -0.3 is 19.7 Å². The van der Waals surface area contributed by atoms with Crippen molar-refractivity contribution in [2.75, 3.05) is 20.3 Å². The van der Waals surface area contributed by atoms with E-state index in [2.05, 4.69) is 10.3 Å². The van der Waals surface area contributed by atoms with E-state index in [-0.39, 0.29) is 24.2 Å². The summed E-state index contributed by atoms with van der Waals surface area (Å²) in [5, 5.41) is 2.91. The minimum absolute atomic E-state index is 0.170. The molecule has 0 aliphatic carbocycles. The maximum Gasteiger partial charge on any atom is 0.247 e. The third kappa shape index (κ3) is 7.41. The van der Waals surface area contributed by atoms with Crippen LogP contribution < -0.4 is 14.8 Å². The van der Waals surface area contributed by atoms with Crippen molar-refractivity contribution < 1.29 is 23.5 Å². The summed E-state index contributed by atoms with van der Waals surface area (Å²) < 4.78 is 25.1. The van der Waals surface area contributed by atoms with E-state index in [1.54, 1.807) is 36.4 Å². The van der Waals surface area contributed by atoms with Crippen molar-refractivity contribution in [3.63, 3.8) is 0 Å². The number of methoxy groups -OCH3 is 1. The number of nitrogens with one attached hydrogen (secondary N) is 1. The van der Waals surface area contributed by atoms with E-state index in [0.717, 1.165) is 24.1 Å². The number of ether oxygens (including phenoxy) is 2. The third-order valence-corrected chi connectivity index (χ3v) is 6.36. The van der Waals surface area contributed by atoms with Gasteiger partial charge in [0.2, 0.25) is 11.8 Å². The molecule has 1 aliphatic rings. The molecular weight excluding hydrogens is 485 g/mol. The van der Waals surface area contributed by atoms with Gasteiger partial charge in [-0.3, -0.25) is 14.6 Å². The van der Waals surface area contributed by atoms with Crippen LogP contribution in [0.15, 0.2) is 72.9 Å². The number of pyridine rings is 1. The van der Waals surface area contributed by atoms with Crippen LogP contribution in [-0.2, 0) is 22.6 Å². The summed E-state index contributed by atoms with van der Waals surface area (Å²) in [5.74, 6) is 0.247. The first-order chi connectivity index (χ1) is 18.5. The Hall–Kier alpha value is -4.20. The minimum Gasteiger partial charge on any atom is -0.493 e. The first kappa shape index (κ1) is 26.9. The second-order valence-corrected chi connectivity index (χ2v) is 9.06. The topological polar surface area (TPSA) is 80.8 Å². The van der Waals surface area contributed by atoms with Gasteiger partial charge in [0, 0.05) is 37.5 Å². The van der Waals surface area contributed by atoms with E-state index in [0.29, 0.717) is 43.1 Å². The molecule has 0 bridgehead atoms. The number of carbonyl (C=O) groups is 2. The maximum absolute atomic E-state index is 13.6. The zero-order valence-corrected chi connectivity index (χ0v) is 21.4.